The number of benzene rings is 2. The number of hydrogen-bond acceptors (Lipinski definition) is 2. The third-order valence-electron chi connectivity index (χ3n) is 2.87. The molecule has 0 unspecified atom stereocenters. The highest BCUT2D eigenvalue weighted by Crippen LogP contribution is 2.20. The molecule has 0 saturated carbocycles. The van der Waals surface area contributed by atoms with E-state index in [0.29, 0.717) is 11.6 Å². The third-order valence-corrected chi connectivity index (χ3v) is 3.24. The van der Waals surface area contributed by atoms with E-state index in [1.54, 1.807) is 6.07 Å². The molecule has 100 valence electrons. The van der Waals surface area contributed by atoms with E-state index in [1.807, 2.05) is 43.3 Å². The van der Waals surface area contributed by atoms with E-state index in [2.05, 4.69) is 5.32 Å². The molecule has 0 amide bonds. The maximum Gasteiger partial charge on any atom is 0.123 e. The first kappa shape index (κ1) is 13.7. The van der Waals surface area contributed by atoms with Gasteiger partial charge in [-0.1, -0.05) is 11.6 Å². The second-order valence-electron chi connectivity index (χ2n) is 4.53. The van der Waals surface area contributed by atoms with E-state index in [1.165, 1.54) is 12.1 Å². The van der Waals surface area contributed by atoms with Crippen LogP contribution in [0.4, 0.5) is 15.8 Å². The highest BCUT2D eigenvalue weighted by molar-refractivity contribution is 6.31. The zero-order valence-corrected chi connectivity index (χ0v) is 11.7. The summed E-state index contributed by atoms with van der Waals surface area (Å²) in [5.41, 5.74) is 2.86. The van der Waals surface area contributed by atoms with Crippen LogP contribution in [0.15, 0.2) is 42.5 Å². The Morgan fingerprint density at radius 1 is 1.11 bits per heavy atom. The molecule has 19 heavy (non-hydrogen) atoms. The van der Waals surface area contributed by atoms with Crippen LogP contribution in [0.1, 0.15) is 5.56 Å². The maximum absolute atomic E-state index is 13.1. The van der Waals surface area contributed by atoms with Gasteiger partial charge < -0.3 is 10.2 Å². The summed E-state index contributed by atoms with van der Waals surface area (Å²) in [5.74, 6) is -0.274. The van der Waals surface area contributed by atoms with Crippen molar-refractivity contribution in [1.29, 1.82) is 0 Å². The standard InChI is InChI=1S/C15H16ClFN2/c1-19(2)14-6-4-13(5-7-14)18-10-11-9-12(17)3-8-15(11)16/h3-9,18H,10H2,1-2H3. The molecule has 0 fully saturated rings. The summed E-state index contributed by atoms with van der Waals surface area (Å²) >= 11 is 6.02. The summed E-state index contributed by atoms with van der Waals surface area (Å²) in [7, 11) is 3.99. The molecule has 2 nitrogen and oxygen atoms in total. The molecular weight excluding hydrogens is 263 g/mol. The van der Waals surface area contributed by atoms with Gasteiger partial charge in [-0.15, -0.1) is 0 Å². The van der Waals surface area contributed by atoms with Crippen LogP contribution in [0.25, 0.3) is 0 Å². The van der Waals surface area contributed by atoms with Gasteiger partial charge in [-0.25, -0.2) is 4.39 Å². The quantitative estimate of drug-likeness (QED) is 0.903. The predicted molar refractivity (Wildman–Crippen MR) is 79.5 cm³/mol. The van der Waals surface area contributed by atoms with E-state index in [0.717, 1.165) is 16.9 Å². The SMILES string of the molecule is CN(C)c1ccc(NCc2cc(F)ccc2Cl)cc1. The predicted octanol–water partition coefficient (Wildman–Crippen LogP) is 4.16. The Morgan fingerprint density at radius 2 is 1.79 bits per heavy atom. The summed E-state index contributed by atoms with van der Waals surface area (Å²) < 4.78 is 13.1. The van der Waals surface area contributed by atoms with Gasteiger partial charge in [0.25, 0.3) is 0 Å². The number of halogens is 2. The first-order chi connectivity index (χ1) is 9.06. The van der Waals surface area contributed by atoms with Gasteiger partial charge >= 0.3 is 0 Å². The molecule has 0 aliphatic rings. The second-order valence-corrected chi connectivity index (χ2v) is 4.94. The highest BCUT2D eigenvalue weighted by atomic mass is 35.5. The molecule has 2 rings (SSSR count). The average molecular weight is 279 g/mol. The van der Waals surface area contributed by atoms with Gasteiger partial charge in [-0.3, -0.25) is 0 Å². The van der Waals surface area contributed by atoms with E-state index in [9.17, 15) is 4.39 Å². The van der Waals surface area contributed by atoms with Crippen LogP contribution in [0, 0.1) is 5.82 Å². The van der Waals surface area contributed by atoms with Crippen LogP contribution < -0.4 is 10.2 Å². The van der Waals surface area contributed by atoms with Gasteiger partial charge in [0.05, 0.1) is 0 Å². The number of nitrogens with zero attached hydrogens (tertiary/aromatic N) is 1. The van der Waals surface area contributed by atoms with Crippen molar-refractivity contribution < 1.29 is 4.39 Å². The number of nitrogens with one attached hydrogen (secondary N) is 1. The van der Waals surface area contributed by atoms with Gasteiger partial charge in [0.2, 0.25) is 0 Å². The molecule has 0 bridgehead atoms. The van der Waals surface area contributed by atoms with Crippen molar-refractivity contribution in [1.82, 2.24) is 0 Å². The topological polar surface area (TPSA) is 15.3 Å². The average Bonchev–Trinajstić information content (AvgIpc) is 2.40. The summed E-state index contributed by atoms with van der Waals surface area (Å²) in [4.78, 5) is 2.03. The Kier molecular flexibility index (Phi) is 4.27. The van der Waals surface area contributed by atoms with Crippen molar-refractivity contribution in [2.24, 2.45) is 0 Å². The van der Waals surface area contributed by atoms with E-state index >= 15 is 0 Å². The van der Waals surface area contributed by atoms with E-state index in [4.69, 9.17) is 11.6 Å². The molecule has 2 aromatic carbocycles. The molecule has 0 aliphatic carbocycles. The van der Waals surface area contributed by atoms with Crippen molar-refractivity contribution in [2.75, 3.05) is 24.3 Å². The first-order valence-corrected chi connectivity index (χ1v) is 6.39. The number of rotatable bonds is 4. The van der Waals surface area contributed by atoms with Crippen molar-refractivity contribution in [3.8, 4) is 0 Å². The van der Waals surface area contributed by atoms with Crippen LogP contribution in [0.2, 0.25) is 5.02 Å². The van der Waals surface area contributed by atoms with Gasteiger partial charge in [0.1, 0.15) is 5.82 Å². The zero-order valence-electron chi connectivity index (χ0n) is 11.0. The fourth-order valence-corrected chi connectivity index (χ4v) is 1.94. The lowest BCUT2D eigenvalue weighted by molar-refractivity contribution is 0.626. The Bertz CT molecular complexity index is 553. The lowest BCUT2D eigenvalue weighted by Crippen LogP contribution is -2.08. The molecule has 0 atom stereocenters. The summed E-state index contributed by atoms with van der Waals surface area (Å²) in [6.07, 6.45) is 0. The van der Waals surface area contributed by atoms with Gasteiger partial charge in [0.15, 0.2) is 0 Å². The Balaban J connectivity index is 2.04. The summed E-state index contributed by atoms with van der Waals surface area (Å²) in [6, 6.07) is 12.4. The Labute approximate surface area is 117 Å². The molecule has 0 radical (unpaired) electrons. The number of hydrogen-bond donors (Lipinski definition) is 1. The highest BCUT2D eigenvalue weighted by Gasteiger charge is 2.02. The Hall–Kier alpha value is -1.74. The van der Waals surface area contributed by atoms with Crippen LogP contribution in [-0.2, 0) is 6.54 Å². The van der Waals surface area contributed by atoms with Gasteiger partial charge in [0, 0.05) is 37.0 Å². The van der Waals surface area contributed by atoms with E-state index in [-0.39, 0.29) is 5.82 Å². The smallest absolute Gasteiger partial charge is 0.123 e. The van der Waals surface area contributed by atoms with E-state index < -0.39 is 0 Å². The van der Waals surface area contributed by atoms with Gasteiger partial charge in [-0.2, -0.15) is 0 Å². The molecular formula is C15H16ClFN2. The van der Waals surface area contributed by atoms with Gasteiger partial charge in [-0.05, 0) is 48.0 Å². The van der Waals surface area contributed by atoms with Crippen LogP contribution in [0.3, 0.4) is 0 Å². The Morgan fingerprint density at radius 3 is 2.42 bits per heavy atom. The lowest BCUT2D eigenvalue weighted by atomic mass is 10.2. The fraction of sp³-hybridized carbons (Fsp3) is 0.200. The number of anilines is 2. The van der Waals surface area contributed by atoms with Crippen LogP contribution in [0.5, 0.6) is 0 Å². The lowest BCUT2D eigenvalue weighted by Gasteiger charge is -2.13. The second kappa shape index (κ2) is 5.93. The summed E-state index contributed by atoms with van der Waals surface area (Å²) in [6.45, 7) is 0.498. The zero-order chi connectivity index (χ0) is 13.8. The third kappa shape index (κ3) is 3.61. The summed E-state index contributed by atoms with van der Waals surface area (Å²) in [5, 5.41) is 3.79. The largest absolute Gasteiger partial charge is 0.381 e. The monoisotopic (exact) mass is 278 g/mol. The first-order valence-electron chi connectivity index (χ1n) is 6.01. The molecule has 0 spiro atoms. The van der Waals surface area contributed by atoms with Crippen LogP contribution >= 0.6 is 11.6 Å². The van der Waals surface area contributed by atoms with Crippen molar-refractivity contribution >= 4 is 23.0 Å². The molecule has 0 aromatic heterocycles. The molecule has 0 aliphatic heterocycles. The van der Waals surface area contributed by atoms with Crippen LogP contribution in [-0.4, -0.2) is 14.1 Å². The fourth-order valence-electron chi connectivity index (χ4n) is 1.75. The molecule has 0 saturated heterocycles. The van der Waals surface area contributed by atoms with Crippen molar-refractivity contribution in [3.05, 3.63) is 58.9 Å². The minimum atomic E-state index is -0.274. The van der Waals surface area contributed by atoms with Crippen molar-refractivity contribution in [3.63, 3.8) is 0 Å². The maximum atomic E-state index is 13.1. The van der Waals surface area contributed by atoms with Crippen molar-refractivity contribution in [2.45, 2.75) is 6.54 Å². The normalized spacial score (nSPS) is 10.3. The molecule has 2 aromatic rings. The minimum Gasteiger partial charge on any atom is -0.381 e. The molecule has 0 heterocycles. The molecule has 1 N–H and O–H groups in total. The molecule has 4 heteroatoms. The minimum absolute atomic E-state index is 0.274.